The summed E-state index contributed by atoms with van der Waals surface area (Å²) in [4.78, 5) is 12.3. The van der Waals surface area contributed by atoms with Gasteiger partial charge in [0.25, 0.3) is 0 Å². The Bertz CT molecular complexity index is 923. The first-order chi connectivity index (χ1) is 13.6. The van der Waals surface area contributed by atoms with E-state index in [2.05, 4.69) is 28.8 Å². The van der Waals surface area contributed by atoms with Gasteiger partial charge in [0, 0.05) is 23.9 Å². The van der Waals surface area contributed by atoms with E-state index in [4.69, 9.17) is 4.74 Å². The molecule has 2 N–H and O–H groups in total. The number of ether oxygens (including phenoxy) is 1. The normalized spacial score (nSPS) is 10.4. The molecule has 0 saturated heterocycles. The first kappa shape index (κ1) is 19.5. The van der Waals surface area contributed by atoms with Gasteiger partial charge in [-0.2, -0.15) is 0 Å². The highest BCUT2D eigenvalue weighted by Crippen LogP contribution is 2.19. The molecule has 0 spiro atoms. The van der Waals surface area contributed by atoms with Crippen LogP contribution in [0.1, 0.15) is 16.7 Å². The SMILES string of the molecule is Cc1ccc(C)c(NCC(=O)Nc2cccc(OCCc3ccccc3)c2)c1. The molecule has 0 saturated carbocycles. The average molecular weight is 374 g/mol. The quantitative estimate of drug-likeness (QED) is 0.585. The Morgan fingerprint density at radius 3 is 2.57 bits per heavy atom. The smallest absolute Gasteiger partial charge is 0.243 e. The van der Waals surface area contributed by atoms with Gasteiger partial charge < -0.3 is 15.4 Å². The van der Waals surface area contributed by atoms with Crippen molar-refractivity contribution in [3.63, 3.8) is 0 Å². The van der Waals surface area contributed by atoms with Gasteiger partial charge in [-0.3, -0.25) is 4.79 Å². The minimum Gasteiger partial charge on any atom is -0.493 e. The summed E-state index contributed by atoms with van der Waals surface area (Å²) in [5.41, 5.74) is 5.23. The summed E-state index contributed by atoms with van der Waals surface area (Å²) < 4.78 is 5.82. The fraction of sp³-hybridized carbons (Fsp3) is 0.208. The molecule has 0 atom stereocenters. The number of hydrogen-bond acceptors (Lipinski definition) is 3. The van der Waals surface area contributed by atoms with Crippen molar-refractivity contribution in [2.75, 3.05) is 23.8 Å². The molecular weight excluding hydrogens is 348 g/mol. The Balaban J connectivity index is 1.49. The van der Waals surface area contributed by atoms with Gasteiger partial charge in [0.1, 0.15) is 5.75 Å². The third-order valence-corrected chi connectivity index (χ3v) is 4.45. The zero-order chi connectivity index (χ0) is 19.8. The molecule has 3 aromatic rings. The van der Waals surface area contributed by atoms with Crippen LogP contribution in [-0.2, 0) is 11.2 Å². The highest BCUT2D eigenvalue weighted by atomic mass is 16.5. The van der Waals surface area contributed by atoms with Crippen molar-refractivity contribution in [1.29, 1.82) is 0 Å². The van der Waals surface area contributed by atoms with E-state index < -0.39 is 0 Å². The monoisotopic (exact) mass is 374 g/mol. The molecule has 4 nitrogen and oxygen atoms in total. The van der Waals surface area contributed by atoms with E-state index in [1.54, 1.807) is 0 Å². The van der Waals surface area contributed by atoms with Crippen molar-refractivity contribution >= 4 is 17.3 Å². The van der Waals surface area contributed by atoms with E-state index in [0.29, 0.717) is 6.61 Å². The van der Waals surface area contributed by atoms with Crippen LogP contribution in [0.3, 0.4) is 0 Å². The molecule has 0 aromatic heterocycles. The van der Waals surface area contributed by atoms with E-state index >= 15 is 0 Å². The maximum atomic E-state index is 12.3. The predicted octanol–water partition coefficient (Wildman–Crippen LogP) is 4.98. The molecule has 1 amide bonds. The van der Waals surface area contributed by atoms with Crippen LogP contribution >= 0.6 is 0 Å². The van der Waals surface area contributed by atoms with Gasteiger partial charge in [0.2, 0.25) is 5.91 Å². The van der Waals surface area contributed by atoms with E-state index in [0.717, 1.165) is 34.7 Å². The van der Waals surface area contributed by atoms with Crippen molar-refractivity contribution in [2.24, 2.45) is 0 Å². The number of rotatable bonds is 8. The van der Waals surface area contributed by atoms with Crippen molar-refractivity contribution in [3.8, 4) is 5.75 Å². The molecule has 144 valence electrons. The lowest BCUT2D eigenvalue weighted by Gasteiger charge is -2.12. The lowest BCUT2D eigenvalue weighted by molar-refractivity contribution is -0.114. The Morgan fingerprint density at radius 2 is 1.75 bits per heavy atom. The summed E-state index contributed by atoms with van der Waals surface area (Å²) in [6.45, 7) is 4.86. The second-order valence-corrected chi connectivity index (χ2v) is 6.83. The lowest BCUT2D eigenvalue weighted by Crippen LogP contribution is -2.22. The standard InChI is InChI=1S/C24H26N2O2/c1-18-11-12-19(2)23(15-18)25-17-24(27)26-21-9-6-10-22(16-21)28-14-13-20-7-4-3-5-8-20/h3-12,15-16,25H,13-14,17H2,1-2H3,(H,26,27). The van der Waals surface area contributed by atoms with E-state index in [-0.39, 0.29) is 12.5 Å². The molecular formula is C24H26N2O2. The molecule has 4 heteroatoms. The first-order valence-electron chi connectivity index (χ1n) is 9.48. The third kappa shape index (κ3) is 5.88. The Kier molecular flexibility index (Phi) is 6.68. The lowest BCUT2D eigenvalue weighted by atomic mass is 10.1. The number of amides is 1. The molecule has 3 rings (SSSR count). The Hall–Kier alpha value is -3.27. The second kappa shape index (κ2) is 9.60. The van der Waals surface area contributed by atoms with Crippen LogP contribution in [0, 0.1) is 13.8 Å². The summed E-state index contributed by atoms with van der Waals surface area (Å²) in [5, 5.41) is 6.11. The molecule has 0 aliphatic rings. The first-order valence-corrected chi connectivity index (χ1v) is 9.48. The van der Waals surface area contributed by atoms with E-state index in [9.17, 15) is 4.79 Å². The number of nitrogens with one attached hydrogen (secondary N) is 2. The maximum Gasteiger partial charge on any atom is 0.243 e. The number of benzene rings is 3. The molecule has 0 aliphatic heterocycles. The molecule has 3 aromatic carbocycles. The zero-order valence-corrected chi connectivity index (χ0v) is 16.4. The third-order valence-electron chi connectivity index (χ3n) is 4.45. The fourth-order valence-electron chi connectivity index (χ4n) is 2.90. The van der Waals surface area contributed by atoms with Gasteiger partial charge in [0.15, 0.2) is 0 Å². The average Bonchev–Trinajstić information content (AvgIpc) is 2.70. The summed E-state index contributed by atoms with van der Waals surface area (Å²) in [6, 6.07) is 23.9. The number of anilines is 2. The number of carbonyl (C=O) groups excluding carboxylic acids is 1. The summed E-state index contributed by atoms with van der Waals surface area (Å²) >= 11 is 0. The molecule has 0 unspecified atom stereocenters. The molecule has 0 radical (unpaired) electrons. The van der Waals surface area contributed by atoms with Crippen molar-refractivity contribution in [3.05, 3.63) is 89.5 Å². The fourth-order valence-corrected chi connectivity index (χ4v) is 2.90. The minimum atomic E-state index is -0.0951. The van der Waals surface area contributed by atoms with Gasteiger partial charge in [-0.1, -0.05) is 48.5 Å². The van der Waals surface area contributed by atoms with Crippen LogP contribution in [0.15, 0.2) is 72.8 Å². The predicted molar refractivity (Wildman–Crippen MR) is 115 cm³/mol. The Morgan fingerprint density at radius 1 is 0.929 bits per heavy atom. The van der Waals surface area contributed by atoms with Crippen molar-refractivity contribution < 1.29 is 9.53 Å². The maximum absolute atomic E-state index is 12.3. The molecule has 0 aliphatic carbocycles. The Labute approximate surface area is 166 Å². The van der Waals surface area contributed by atoms with Gasteiger partial charge in [-0.25, -0.2) is 0 Å². The van der Waals surface area contributed by atoms with Crippen LogP contribution < -0.4 is 15.4 Å². The second-order valence-electron chi connectivity index (χ2n) is 6.83. The number of carbonyl (C=O) groups is 1. The van der Waals surface area contributed by atoms with Crippen LogP contribution in [-0.4, -0.2) is 19.1 Å². The summed E-state index contributed by atoms with van der Waals surface area (Å²) in [7, 11) is 0. The number of aryl methyl sites for hydroxylation is 2. The molecule has 0 bridgehead atoms. The highest BCUT2D eigenvalue weighted by Gasteiger charge is 2.05. The zero-order valence-electron chi connectivity index (χ0n) is 16.4. The van der Waals surface area contributed by atoms with Gasteiger partial charge in [-0.05, 0) is 48.7 Å². The van der Waals surface area contributed by atoms with Gasteiger partial charge in [0.05, 0.1) is 13.2 Å². The molecule has 0 fully saturated rings. The van der Waals surface area contributed by atoms with Crippen LogP contribution in [0.2, 0.25) is 0 Å². The van der Waals surface area contributed by atoms with Crippen molar-refractivity contribution in [1.82, 2.24) is 0 Å². The van der Waals surface area contributed by atoms with Crippen LogP contribution in [0.25, 0.3) is 0 Å². The minimum absolute atomic E-state index is 0.0951. The van der Waals surface area contributed by atoms with Gasteiger partial charge in [-0.15, -0.1) is 0 Å². The topological polar surface area (TPSA) is 50.4 Å². The summed E-state index contributed by atoms with van der Waals surface area (Å²) in [5.74, 6) is 0.651. The molecule has 0 heterocycles. The molecule has 28 heavy (non-hydrogen) atoms. The van der Waals surface area contributed by atoms with Crippen molar-refractivity contribution in [2.45, 2.75) is 20.3 Å². The largest absolute Gasteiger partial charge is 0.493 e. The van der Waals surface area contributed by atoms with E-state index in [1.807, 2.05) is 68.4 Å². The van der Waals surface area contributed by atoms with Gasteiger partial charge >= 0.3 is 0 Å². The van der Waals surface area contributed by atoms with Crippen LogP contribution in [0.5, 0.6) is 5.75 Å². The highest BCUT2D eigenvalue weighted by molar-refractivity contribution is 5.94. The van der Waals surface area contributed by atoms with E-state index in [1.165, 1.54) is 5.56 Å². The number of hydrogen-bond donors (Lipinski definition) is 2. The van der Waals surface area contributed by atoms with Crippen LogP contribution in [0.4, 0.5) is 11.4 Å². The summed E-state index contributed by atoms with van der Waals surface area (Å²) in [6.07, 6.45) is 0.844.